The highest BCUT2D eigenvalue weighted by atomic mass is 79.9. The van der Waals surface area contributed by atoms with E-state index in [9.17, 15) is 0 Å². The van der Waals surface area contributed by atoms with Crippen molar-refractivity contribution >= 4 is 21.6 Å². The van der Waals surface area contributed by atoms with Crippen molar-refractivity contribution in [2.24, 2.45) is 5.73 Å². The van der Waals surface area contributed by atoms with E-state index in [0.717, 1.165) is 41.6 Å². The Morgan fingerprint density at radius 2 is 2.29 bits per heavy atom. The normalized spacial score (nSPS) is 17.6. The summed E-state index contributed by atoms with van der Waals surface area (Å²) in [5, 5.41) is 0. The van der Waals surface area contributed by atoms with Crippen molar-refractivity contribution < 1.29 is 0 Å². The predicted octanol–water partition coefficient (Wildman–Crippen LogP) is 2.83. The standard InChI is InChI=1S/C13H16BrN3/c1-9-3-2-8-17-11(14)10(16-12(9)17)4-5-13(15)6-7-13/h2-3,8H,4-7,15H2,1H3. The van der Waals surface area contributed by atoms with E-state index < -0.39 is 0 Å². The summed E-state index contributed by atoms with van der Waals surface area (Å²) in [7, 11) is 0. The van der Waals surface area contributed by atoms with E-state index in [4.69, 9.17) is 10.7 Å². The Labute approximate surface area is 109 Å². The predicted molar refractivity (Wildman–Crippen MR) is 72.1 cm³/mol. The molecule has 2 aromatic heterocycles. The monoisotopic (exact) mass is 293 g/mol. The lowest BCUT2D eigenvalue weighted by atomic mass is 10.1. The Morgan fingerprint density at radius 1 is 1.53 bits per heavy atom. The summed E-state index contributed by atoms with van der Waals surface area (Å²) in [6.07, 6.45) is 6.36. The second-order valence-electron chi connectivity index (χ2n) is 5.10. The molecule has 2 heterocycles. The molecule has 0 amide bonds. The summed E-state index contributed by atoms with van der Waals surface area (Å²) < 4.78 is 3.17. The van der Waals surface area contributed by atoms with Gasteiger partial charge in [0.15, 0.2) is 0 Å². The SMILES string of the molecule is Cc1cccn2c(Br)c(CCC3(N)CC3)nc12. The fraction of sp³-hybridized carbons (Fsp3) is 0.462. The van der Waals surface area contributed by atoms with Gasteiger partial charge in [0.05, 0.1) is 5.69 Å². The summed E-state index contributed by atoms with van der Waals surface area (Å²) in [5.74, 6) is 0. The van der Waals surface area contributed by atoms with Crippen molar-refractivity contribution in [3.63, 3.8) is 0 Å². The van der Waals surface area contributed by atoms with Gasteiger partial charge >= 0.3 is 0 Å². The lowest BCUT2D eigenvalue weighted by molar-refractivity contribution is 0.603. The maximum atomic E-state index is 6.12. The lowest BCUT2D eigenvalue weighted by Gasteiger charge is -2.05. The van der Waals surface area contributed by atoms with Gasteiger partial charge in [-0.05, 0) is 60.2 Å². The highest BCUT2D eigenvalue weighted by Gasteiger charge is 2.37. The molecular weight excluding hydrogens is 278 g/mol. The van der Waals surface area contributed by atoms with Gasteiger partial charge in [-0.3, -0.25) is 4.40 Å². The number of rotatable bonds is 3. The Bertz CT molecular complexity index is 569. The number of nitrogens with two attached hydrogens (primary N) is 1. The van der Waals surface area contributed by atoms with Crippen LogP contribution in [0.4, 0.5) is 0 Å². The zero-order valence-electron chi connectivity index (χ0n) is 9.91. The first kappa shape index (κ1) is 11.2. The molecule has 4 heteroatoms. The zero-order chi connectivity index (χ0) is 12.0. The molecule has 0 aliphatic heterocycles. The third kappa shape index (κ3) is 2.00. The Morgan fingerprint density at radius 3 is 2.94 bits per heavy atom. The lowest BCUT2D eigenvalue weighted by Crippen LogP contribution is -2.22. The fourth-order valence-corrected chi connectivity index (χ4v) is 2.73. The molecule has 90 valence electrons. The van der Waals surface area contributed by atoms with E-state index >= 15 is 0 Å². The van der Waals surface area contributed by atoms with Gasteiger partial charge in [-0.15, -0.1) is 0 Å². The van der Waals surface area contributed by atoms with Crippen molar-refractivity contribution in [2.45, 2.75) is 38.1 Å². The summed E-state index contributed by atoms with van der Waals surface area (Å²) in [4.78, 5) is 4.70. The highest BCUT2D eigenvalue weighted by Crippen LogP contribution is 2.37. The molecule has 0 bridgehead atoms. The van der Waals surface area contributed by atoms with Gasteiger partial charge < -0.3 is 5.73 Å². The first-order valence-corrected chi connectivity index (χ1v) is 6.79. The second kappa shape index (κ2) is 3.82. The maximum absolute atomic E-state index is 6.12. The molecule has 1 aliphatic carbocycles. The van der Waals surface area contributed by atoms with Gasteiger partial charge in [-0.25, -0.2) is 4.98 Å². The van der Waals surface area contributed by atoms with E-state index in [2.05, 4.69) is 33.3 Å². The van der Waals surface area contributed by atoms with Crippen LogP contribution in [0, 0.1) is 6.92 Å². The minimum atomic E-state index is 0.101. The third-order valence-corrected chi connectivity index (χ3v) is 4.44. The van der Waals surface area contributed by atoms with E-state index in [-0.39, 0.29) is 5.54 Å². The van der Waals surface area contributed by atoms with E-state index in [1.165, 1.54) is 5.56 Å². The summed E-state index contributed by atoms with van der Waals surface area (Å²) >= 11 is 3.63. The van der Waals surface area contributed by atoms with Gasteiger partial charge in [0.25, 0.3) is 0 Å². The van der Waals surface area contributed by atoms with Crippen LogP contribution < -0.4 is 5.73 Å². The van der Waals surface area contributed by atoms with Crippen LogP contribution in [0.15, 0.2) is 22.9 Å². The van der Waals surface area contributed by atoms with Gasteiger partial charge in [0.1, 0.15) is 10.3 Å². The number of hydrogen-bond acceptors (Lipinski definition) is 2. The third-order valence-electron chi connectivity index (χ3n) is 3.60. The van der Waals surface area contributed by atoms with Crippen LogP contribution in [0.2, 0.25) is 0 Å². The molecule has 0 saturated heterocycles. The van der Waals surface area contributed by atoms with E-state index in [0.29, 0.717) is 0 Å². The van der Waals surface area contributed by atoms with Crippen molar-refractivity contribution in [2.75, 3.05) is 0 Å². The molecule has 1 fully saturated rings. The first-order chi connectivity index (χ1) is 8.09. The quantitative estimate of drug-likeness (QED) is 0.946. The largest absolute Gasteiger partial charge is 0.325 e. The molecule has 0 radical (unpaired) electrons. The van der Waals surface area contributed by atoms with Crippen LogP contribution >= 0.6 is 15.9 Å². The van der Waals surface area contributed by atoms with Crippen LogP contribution in [0.25, 0.3) is 5.65 Å². The average Bonchev–Trinajstić information content (AvgIpc) is 2.95. The molecular formula is C13H16BrN3. The molecule has 1 aliphatic rings. The number of aryl methyl sites for hydroxylation is 2. The summed E-state index contributed by atoms with van der Waals surface area (Å²) in [6.45, 7) is 2.09. The number of pyridine rings is 1. The van der Waals surface area contributed by atoms with Gasteiger partial charge in [-0.2, -0.15) is 0 Å². The minimum Gasteiger partial charge on any atom is -0.325 e. The molecule has 1 saturated carbocycles. The molecule has 3 nitrogen and oxygen atoms in total. The number of fused-ring (bicyclic) bond motifs is 1. The van der Waals surface area contributed by atoms with Crippen molar-refractivity contribution in [3.05, 3.63) is 34.2 Å². The molecule has 0 unspecified atom stereocenters. The van der Waals surface area contributed by atoms with Crippen molar-refractivity contribution in [3.8, 4) is 0 Å². The molecule has 2 aromatic rings. The van der Waals surface area contributed by atoms with Crippen LogP contribution in [-0.2, 0) is 6.42 Å². The van der Waals surface area contributed by atoms with Crippen molar-refractivity contribution in [1.82, 2.24) is 9.38 Å². The number of hydrogen-bond donors (Lipinski definition) is 1. The Hall–Kier alpha value is -0.870. The Kier molecular flexibility index (Phi) is 2.52. The highest BCUT2D eigenvalue weighted by molar-refractivity contribution is 9.10. The van der Waals surface area contributed by atoms with Crippen LogP contribution in [0.3, 0.4) is 0 Å². The van der Waals surface area contributed by atoms with Gasteiger partial charge in [0.2, 0.25) is 0 Å². The molecule has 0 aromatic carbocycles. The molecule has 0 spiro atoms. The smallest absolute Gasteiger partial charge is 0.140 e. The topological polar surface area (TPSA) is 43.3 Å². The summed E-state index contributed by atoms with van der Waals surface area (Å²) in [5.41, 5.74) is 9.58. The fourth-order valence-electron chi connectivity index (χ4n) is 2.16. The second-order valence-corrected chi connectivity index (χ2v) is 5.85. The minimum absolute atomic E-state index is 0.101. The molecule has 3 rings (SSSR count). The molecule has 2 N–H and O–H groups in total. The molecule has 17 heavy (non-hydrogen) atoms. The van der Waals surface area contributed by atoms with Crippen LogP contribution in [-0.4, -0.2) is 14.9 Å². The number of nitrogens with zero attached hydrogens (tertiary/aromatic N) is 2. The first-order valence-electron chi connectivity index (χ1n) is 6.00. The Balaban J connectivity index is 1.94. The number of imidazole rings is 1. The molecule has 0 atom stereocenters. The maximum Gasteiger partial charge on any atom is 0.140 e. The van der Waals surface area contributed by atoms with Gasteiger partial charge in [0, 0.05) is 11.7 Å². The average molecular weight is 294 g/mol. The van der Waals surface area contributed by atoms with E-state index in [1.807, 2.05) is 12.3 Å². The van der Waals surface area contributed by atoms with Crippen LogP contribution in [0.5, 0.6) is 0 Å². The van der Waals surface area contributed by atoms with Gasteiger partial charge in [-0.1, -0.05) is 6.07 Å². The summed E-state index contributed by atoms with van der Waals surface area (Å²) in [6, 6.07) is 4.13. The number of aromatic nitrogens is 2. The van der Waals surface area contributed by atoms with E-state index in [1.54, 1.807) is 0 Å². The number of halogens is 1. The zero-order valence-corrected chi connectivity index (χ0v) is 11.5. The van der Waals surface area contributed by atoms with Crippen LogP contribution in [0.1, 0.15) is 30.5 Å². The van der Waals surface area contributed by atoms with Crippen molar-refractivity contribution in [1.29, 1.82) is 0 Å².